The Kier molecular flexibility index (Phi) is 8.22. The predicted octanol–water partition coefficient (Wildman–Crippen LogP) is 3.43. The Morgan fingerprint density at radius 1 is 1.25 bits per heavy atom. The predicted molar refractivity (Wildman–Crippen MR) is 122 cm³/mol. The third-order valence-corrected chi connectivity index (χ3v) is 4.69. The van der Waals surface area contributed by atoms with E-state index in [-0.39, 0.29) is 42.2 Å². The van der Waals surface area contributed by atoms with Gasteiger partial charge in [0.1, 0.15) is 5.82 Å². The van der Waals surface area contributed by atoms with Crippen molar-refractivity contribution in [3.8, 4) is 0 Å². The largest absolute Gasteiger partial charge is 0.347 e. The van der Waals surface area contributed by atoms with Crippen molar-refractivity contribution in [2.75, 3.05) is 32.1 Å². The van der Waals surface area contributed by atoms with E-state index in [1.807, 2.05) is 41.1 Å². The average molecular weight is 496 g/mol. The van der Waals surface area contributed by atoms with Gasteiger partial charge in [0.15, 0.2) is 5.96 Å². The van der Waals surface area contributed by atoms with Gasteiger partial charge in [-0.05, 0) is 42.2 Å². The fourth-order valence-corrected chi connectivity index (χ4v) is 3.41. The zero-order valence-electron chi connectivity index (χ0n) is 16.2. The van der Waals surface area contributed by atoms with Crippen molar-refractivity contribution in [3.05, 3.63) is 65.5 Å². The molecule has 0 aromatic heterocycles. The highest BCUT2D eigenvalue weighted by Crippen LogP contribution is 2.26. The number of aryl methyl sites for hydroxylation is 1. The molecule has 0 atom stereocenters. The maximum Gasteiger partial charge on any atom is 0.246 e. The number of nitrogens with zero attached hydrogens (tertiary/aromatic N) is 3. The van der Waals surface area contributed by atoms with E-state index in [2.05, 4.69) is 16.4 Å². The number of aliphatic imine (C=N–C) groups is 1. The summed E-state index contributed by atoms with van der Waals surface area (Å²) in [6.45, 7) is 1.39. The van der Waals surface area contributed by atoms with Gasteiger partial charge in [0.2, 0.25) is 5.91 Å². The van der Waals surface area contributed by atoms with E-state index in [9.17, 15) is 9.18 Å². The fourth-order valence-electron chi connectivity index (χ4n) is 3.41. The second-order valence-corrected chi connectivity index (χ2v) is 6.66. The highest BCUT2D eigenvalue weighted by atomic mass is 127. The standard InChI is InChI=1S/C21H25FN4O.HI/c1-23-21(25(2)15-16-7-5-10-18(22)13-16)24-14-20(27)26-12-6-9-17-8-3-4-11-19(17)26;/h3-5,7-8,10-11,13H,6,9,12,14-15H2,1-2H3,(H,23,24);1H. The molecule has 0 bridgehead atoms. The van der Waals surface area contributed by atoms with Crippen LogP contribution in [-0.4, -0.2) is 44.0 Å². The molecule has 28 heavy (non-hydrogen) atoms. The van der Waals surface area contributed by atoms with Crippen LogP contribution in [0.2, 0.25) is 0 Å². The molecular weight excluding hydrogens is 470 g/mol. The van der Waals surface area contributed by atoms with E-state index < -0.39 is 0 Å². The first kappa shape index (κ1) is 22.1. The number of hydrogen-bond acceptors (Lipinski definition) is 2. The molecule has 1 amide bonds. The summed E-state index contributed by atoms with van der Waals surface area (Å²) < 4.78 is 13.4. The third kappa shape index (κ3) is 5.43. The zero-order chi connectivity index (χ0) is 19.2. The minimum atomic E-state index is -0.261. The summed E-state index contributed by atoms with van der Waals surface area (Å²) in [6.07, 6.45) is 1.97. The van der Waals surface area contributed by atoms with E-state index in [0.717, 1.165) is 30.6 Å². The topological polar surface area (TPSA) is 47.9 Å². The number of carbonyl (C=O) groups excluding carboxylic acids is 1. The highest BCUT2D eigenvalue weighted by molar-refractivity contribution is 14.0. The number of guanidine groups is 1. The van der Waals surface area contributed by atoms with Crippen LogP contribution in [-0.2, 0) is 17.8 Å². The number of amides is 1. The minimum Gasteiger partial charge on any atom is -0.347 e. The Hall–Kier alpha value is -2.16. The van der Waals surface area contributed by atoms with E-state index in [0.29, 0.717) is 12.5 Å². The minimum absolute atomic E-state index is 0. The van der Waals surface area contributed by atoms with Crippen molar-refractivity contribution in [2.45, 2.75) is 19.4 Å². The SMILES string of the molecule is CN=C(NCC(=O)N1CCCc2ccccc21)N(C)Cc1cccc(F)c1.I. The molecule has 1 N–H and O–H groups in total. The second-order valence-electron chi connectivity index (χ2n) is 6.66. The van der Waals surface area contributed by atoms with Crippen LogP contribution in [0.4, 0.5) is 10.1 Å². The molecule has 0 unspecified atom stereocenters. The van der Waals surface area contributed by atoms with Crippen LogP contribution >= 0.6 is 24.0 Å². The second kappa shape index (κ2) is 10.4. The molecule has 0 aliphatic carbocycles. The average Bonchev–Trinajstić information content (AvgIpc) is 2.68. The van der Waals surface area contributed by atoms with Gasteiger partial charge in [0.25, 0.3) is 0 Å². The van der Waals surface area contributed by atoms with Gasteiger partial charge < -0.3 is 15.1 Å². The van der Waals surface area contributed by atoms with Crippen molar-refractivity contribution < 1.29 is 9.18 Å². The van der Waals surface area contributed by atoms with Crippen molar-refractivity contribution in [1.82, 2.24) is 10.2 Å². The van der Waals surface area contributed by atoms with Crippen molar-refractivity contribution in [3.63, 3.8) is 0 Å². The maximum absolute atomic E-state index is 13.4. The van der Waals surface area contributed by atoms with Crippen molar-refractivity contribution >= 4 is 41.5 Å². The Morgan fingerprint density at radius 3 is 2.79 bits per heavy atom. The number of anilines is 1. The van der Waals surface area contributed by atoms with Crippen LogP contribution in [0.3, 0.4) is 0 Å². The molecule has 5 nitrogen and oxygen atoms in total. The van der Waals surface area contributed by atoms with Gasteiger partial charge in [-0.1, -0.05) is 30.3 Å². The summed E-state index contributed by atoms with van der Waals surface area (Å²) >= 11 is 0. The first-order valence-electron chi connectivity index (χ1n) is 9.13. The van der Waals surface area contributed by atoms with Gasteiger partial charge >= 0.3 is 0 Å². The van der Waals surface area contributed by atoms with Crippen LogP contribution in [0, 0.1) is 5.82 Å². The van der Waals surface area contributed by atoms with Gasteiger partial charge in [-0.25, -0.2) is 4.39 Å². The molecule has 7 heteroatoms. The molecule has 1 aliphatic heterocycles. The Bertz CT molecular complexity index is 843. The normalized spacial score (nSPS) is 13.4. The van der Waals surface area contributed by atoms with Gasteiger partial charge in [0, 0.05) is 32.9 Å². The quantitative estimate of drug-likeness (QED) is 0.401. The Labute approximate surface area is 182 Å². The lowest BCUT2D eigenvalue weighted by Crippen LogP contribution is -2.46. The first-order chi connectivity index (χ1) is 13.1. The lowest BCUT2D eigenvalue weighted by atomic mass is 10.0. The summed E-state index contributed by atoms with van der Waals surface area (Å²) in [5.74, 6) is 0.350. The van der Waals surface area contributed by atoms with Gasteiger partial charge in [-0.3, -0.25) is 9.79 Å². The fraction of sp³-hybridized carbons (Fsp3) is 0.333. The number of para-hydroxylation sites is 1. The molecule has 0 radical (unpaired) electrons. The molecule has 3 rings (SSSR count). The number of carbonyl (C=O) groups is 1. The molecule has 1 aliphatic rings. The first-order valence-corrected chi connectivity index (χ1v) is 9.13. The number of benzene rings is 2. The summed E-state index contributed by atoms with van der Waals surface area (Å²) in [5.41, 5.74) is 3.06. The van der Waals surface area contributed by atoms with Crippen LogP contribution < -0.4 is 10.2 Å². The Balaban J connectivity index is 0.00000280. The molecular formula is C21H26FIN4O. The summed E-state index contributed by atoms with van der Waals surface area (Å²) in [7, 11) is 3.53. The van der Waals surface area contributed by atoms with Crippen LogP contribution in [0.15, 0.2) is 53.5 Å². The molecule has 2 aromatic carbocycles. The number of fused-ring (bicyclic) bond motifs is 1. The van der Waals surface area contributed by atoms with Crippen LogP contribution in [0.5, 0.6) is 0 Å². The van der Waals surface area contributed by atoms with E-state index in [4.69, 9.17) is 0 Å². The molecule has 0 fully saturated rings. The van der Waals surface area contributed by atoms with Gasteiger partial charge in [-0.2, -0.15) is 0 Å². The highest BCUT2D eigenvalue weighted by Gasteiger charge is 2.22. The number of halogens is 2. The smallest absolute Gasteiger partial charge is 0.246 e. The van der Waals surface area contributed by atoms with Crippen LogP contribution in [0.1, 0.15) is 17.5 Å². The van der Waals surface area contributed by atoms with Crippen molar-refractivity contribution in [2.24, 2.45) is 4.99 Å². The molecule has 2 aromatic rings. The molecule has 150 valence electrons. The summed E-state index contributed by atoms with van der Waals surface area (Å²) in [5, 5.41) is 3.12. The van der Waals surface area contributed by atoms with Crippen LogP contribution in [0.25, 0.3) is 0 Å². The summed E-state index contributed by atoms with van der Waals surface area (Å²) in [4.78, 5) is 20.7. The molecule has 0 spiro atoms. The van der Waals surface area contributed by atoms with Gasteiger partial charge in [-0.15, -0.1) is 24.0 Å². The van der Waals surface area contributed by atoms with E-state index in [1.165, 1.54) is 17.7 Å². The van der Waals surface area contributed by atoms with Crippen molar-refractivity contribution in [1.29, 1.82) is 0 Å². The summed E-state index contributed by atoms with van der Waals surface area (Å²) in [6, 6.07) is 14.5. The van der Waals surface area contributed by atoms with E-state index >= 15 is 0 Å². The van der Waals surface area contributed by atoms with E-state index in [1.54, 1.807) is 13.1 Å². The van der Waals surface area contributed by atoms with Gasteiger partial charge in [0.05, 0.1) is 6.54 Å². The molecule has 0 saturated heterocycles. The molecule has 1 heterocycles. The monoisotopic (exact) mass is 496 g/mol. The lowest BCUT2D eigenvalue weighted by Gasteiger charge is -2.30. The number of hydrogen-bond donors (Lipinski definition) is 1. The Morgan fingerprint density at radius 2 is 2.04 bits per heavy atom. The maximum atomic E-state index is 13.4. The zero-order valence-corrected chi connectivity index (χ0v) is 18.5. The third-order valence-electron chi connectivity index (χ3n) is 4.69. The number of rotatable bonds is 4. The lowest BCUT2D eigenvalue weighted by molar-refractivity contribution is -0.117. The number of nitrogens with one attached hydrogen (secondary N) is 1. The molecule has 0 saturated carbocycles.